The summed E-state index contributed by atoms with van der Waals surface area (Å²) in [5.74, 6) is -1.68. The van der Waals surface area contributed by atoms with Crippen molar-refractivity contribution in [1.29, 1.82) is 0 Å². The summed E-state index contributed by atoms with van der Waals surface area (Å²) in [4.78, 5) is 47.1. The Morgan fingerprint density at radius 3 is 2.61 bits per heavy atom. The van der Waals surface area contributed by atoms with E-state index in [2.05, 4.69) is 46.3 Å². The lowest BCUT2D eigenvalue weighted by atomic mass is 9.94. The molecule has 1 aliphatic rings. The highest BCUT2D eigenvalue weighted by atomic mass is 32.1. The molecule has 0 radical (unpaired) electrons. The average Bonchev–Trinajstić information content (AvgIpc) is 3.47. The summed E-state index contributed by atoms with van der Waals surface area (Å²) >= 11 is 1.19. The zero-order valence-corrected chi connectivity index (χ0v) is 22.9. The lowest BCUT2D eigenvalue weighted by molar-refractivity contribution is 0.0689. The number of hydrogen-bond acceptors (Lipinski definition) is 7. The van der Waals surface area contributed by atoms with Gasteiger partial charge in [0.05, 0.1) is 0 Å². The molecule has 0 bridgehead atoms. The summed E-state index contributed by atoms with van der Waals surface area (Å²) in [5, 5.41) is 18.0. The van der Waals surface area contributed by atoms with Crippen molar-refractivity contribution in [1.82, 2.24) is 20.2 Å². The largest absolute Gasteiger partial charge is 0.477 e. The minimum absolute atomic E-state index is 0.107. The lowest BCUT2D eigenvalue weighted by Crippen LogP contribution is -2.46. The zero-order valence-electron chi connectivity index (χ0n) is 22.1. The second kappa shape index (κ2) is 11.6. The molecule has 0 atom stereocenters. The maximum Gasteiger partial charge on any atom is 0.352 e. The molecule has 1 aromatic carbocycles. The van der Waals surface area contributed by atoms with Crippen LogP contribution in [-0.4, -0.2) is 70.0 Å². The Hall–Kier alpha value is -3.28. The highest BCUT2D eigenvalue weighted by Gasteiger charge is 2.25. The zero-order chi connectivity index (χ0) is 27.4. The molecule has 1 saturated heterocycles. The van der Waals surface area contributed by atoms with Gasteiger partial charge in [-0.05, 0) is 61.4 Å². The van der Waals surface area contributed by atoms with E-state index in [1.54, 1.807) is 23.6 Å². The molecule has 0 unspecified atom stereocenters. The second-order valence-electron chi connectivity index (χ2n) is 11.0. The second-order valence-corrected chi connectivity index (χ2v) is 11.9. The van der Waals surface area contributed by atoms with Crippen LogP contribution in [0.5, 0.6) is 0 Å². The summed E-state index contributed by atoms with van der Waals surface area (Å²) in [6.45, 7) is 10.1. The van der Waals surface area contributed by atoms with Crippen molar-refractivity contribution >= 4 is 45.2 Å². The Morgan fingerprint density at radius 1 is 1.21 bits per heavy atom. The first-order chi connectivity index (χ1) is 18.0. The van der Waals surface area contributed by atoms with Crippen LogP contribution in [0.2, 0.25) is 0 Å². The molecule has 1 aliphatic heterocycles. The van der Waals surface area contributed by atoms with Gasteiger partial charge in [-0.25, -0.2) is 9.78 Å². The Kier molecular flexibility index (Phi) is 8.49. The highest BCUT2D eigenvalue weighted by molar-refractivity contribution is 7.14. The third kappa shape index (κ3) is 6.77. The van der Waals surface area contributed by atoms with E-state index in [9.17, 15) is 19.5 Å². The third-order valence-corrected chi connectivity index (χ3v) is 7.35. The van der Waals surface area contributed by atoms with Gasteiger partial charge in [-0.3, -0.25) is 14.9 Å². The molecule has 11 heteroatoms. The maximum absolute atomic E-state index is 13.0. The number of aromatic carboxylic acids is 1. The summed E-state index contributed by atoms with van der Waals surface area (Å²) in [6, 6.07) is 5.10. The average molecular weight is 541 g/mol. The summed E-state index contributed by atoms with van der Waals surface area (Å²) in [6.07, 6.45) is 2.91. The predicted octanol–water partition coefficient (Wildman–Crippen LogP) is 3.71. The molecule has 0 aliphatic carbocycles. The number of carbonyl (C=O) groups is 3. The maximum atomic E-state index is 13.0. The van der Waals surface area contributed by atoms with Crippen molar-refractivity contribution in [2.45, 2.75) is 52.5 Å². The molecule has 6 N–H and O–H groups in total. The smallest absolute Gasteiger partial charge is 0.352 e. The SMILES string of the molecule is CC(C)(C)CN1CCC(NC(=O)c2csc(NC(=O)c3ccc4[nH]c(C(=O)O)c(CCCN)c4c3)n2)CC1. The molecule has 2 amide bonds. The number of likely N-dealkylation sites (tertiary alicyclic amines) is 1. The normalized spacial score (nSPS) is 15.1. The van der Waals surface area contributed by atoms with Crippen LogP contribution in [0.15, 0.2) is 23.6 Å². The molecule has 10 nitrogen and oxygen atoms in total. The highest BCUT2D eigenvalue weighted by Crippen LogP contribution is 2.26. The van der Waals surface area contributed by atoms with Gasteiger partial charge in [0.15, 0.2) is 5.13 Å². The molecule has 4 rings (SSSR count). The van der Waals surface area contributed by atoms with Crippen molar-refractivity contribution in [2.24, 2.45) is 11.1 Å². The van der Waals surface area contributed by atoms with Crippen LogP contribution in [0.3, 0.4) is 0 Å². The number of carbonyl (C=O) groups excluding carboxylic acids is 2. The van der Waals surface area contributed by atoms with Crippen LogP contribution < -0.4 is 16.4 Å². The van der Waals surface area contributed by atoms with E-state index in [0.29, 0.717) is 46.5 Å². The molecular weight excluding hydrogens is 504 g/mol. The van der Waals surface area contributed by atoms with E-state index in [1.165, 1.54) is 11.3 Å². The van der Waals surface area contributed by atoms with E-state index in [4.69, 9.17) is 5.73 Å². The van der Waals surface area contributed by atoms with Crippen molar-refractivity contribution in [3.63, 3.8) is 0 Å². The Labute approximate surface area is 226 Å². The number of nitrogens with two attached hydrogens (primary N) is 1. The number of fused-ring (bicyclic) bond motifs is 1. The Bertz CT molecular complexity index is 1320. The van der Waals surface area contributed by atoms with E-state index in [0.717, 1.165) is 32.5 Å². The van der Waals surface area contributed by atoms with Crippen LogP contribution in [0.1, 0.15) is 76.9 Å². The number of thiazole rings is 1. The van der Waals surface area contributed by atoms with Gasteiger partial charge >= 0.3 is 5.97 Å². The number of aromatic nitrogens is 2. The topological polar surface area (TPSA) is 153 Å². The molecule has 0 saturated carbocycles. The molecule has 1 fully saturated rings. The van der Waals surface area contributed by atoms with Gasteiger partial charge in [-0.1, -0.05) is 20.8 Å². The first kappa shape index (κ1) is 27.7. The number of hydrogen-bond donors (Lipinski definition) is 5. The quantitative estimate of drug-likeness (QED) is 0.277. The molecule has 204 valence electrons. The van der Waals surface area contributed by atoms with Crippen molar-refractivity contribution in [3.05, 3.63) is 46.1 Å². The van der Waals surface area contributed by atoms with Gasteiger partial charge in [0.2, 0.25) is 0 Å². The number of H-pyrrole nitrogens is 1. The number of carboxylic acids is 1. The van der Waals surface area contributed by atoms with Crippen LogP contribution in [0.25, 0.3) is 10.9 Å². The lowest BCUT2D eigenvalue weighted by Gasteiger charge is -2.36. The number of rotatable bonds is 9. The van der Waals surface area contributed by atoms with Gasteiger partial charge in [0.25, 0.3) is 11.8 Å². The fourth-order valence-corrected chi connectivity index (χ4v) is 5.57. The first-order valence-corrected chi connectivity index (χ1v) is 13.8. The van der Waals surface area contributed by atoms with E-state index >= 15 is 0 Å². The molecule has 38 heavy (non-hydrogen) atoms. The molecule has 3 heterocycles. The minimum atomic E-state index is -1.05. The van der Waals surface area contributed by atoms with Gasteiger partial charge in [-0.15, -0.1) is 11.3 Å². The number of anilines is 1. The number of amides is 2. The fraction of sp³-hybridized carbons (Fsp3) is 0.481. The molecule has 3 aromatic rings. The van der Waals surface area contributed by atoms with Gasteiger partial charge in [-0.2, -0.15) is 0 Å². The van der Waals surface area contributed by atoms with Crippen LogP contribution in [-0.2, 0) is 6.42 Å². The molecular formula is C27H36N6O4S. The molecule has 2 aromatic heterocycles. The summed E-state index contributed by atoms with van der Waals surface area (Å²) in [7, 11) is 0. The Balaban J connectivity index is 1.38. The van der Waals surface area contributed by atoms with Crippen molar-refractivity contribution < 1.29 is 19.5 Å². The van der Waals surface area contributed by atoms with Crippen molar-refractivity contribution in [3.8, 4) is 0 Å². The number of aryl methyl sites for hydroxylation is 1. The number of piperidine rings is 1. The Morgan fingerprint density at radius 2 is 1.95 bits per heavy atom. The summed E-state index contributed by atoms with van der Waals surface area (Å²) in [5.41, 5.74) is 7.90. The predicted molar refractivity (Wildman–Crippen MR) is 149 cm³/mol. The fourth-order valence-electron chi connectivity index (χ4n) is 4.88. The minimum Gasteiger partial charge on any atom is -0.477 e. The van der Waals surface area contributed by atoms with Crippen LogP contribution in [0, 0.1) is 5.41 Å². The monoisotopic (exact) mass is 540 g/mol. The van der Waals surface area contributed by atoms with Crippen LogP contribution >= 0.6 is 11.3 Å². The van der Waals surface area contributed by atoms with E-state index in [-0.39, 0.29) is 34.7 Å². The standard InChI is InChI=1S/C27H36N6O4S/c1-27(2,3)15-33-11-8-17(9-12-33)29-24(35)21-14-38-26(31-21)32-23(34)16-6-7-20-19(13-16)18(5-4-10-28)22(30-20)25(36)37/h6-7,13-14,17,30H,4-5,8-12,15,28H2,1-3H3,(H,29,35)(H,36,37)(H,31,32,34). The van der Waals surface area contributed by atoms with Gasteiger partial charge < -0.3 is 26.0 Å². The van der Waals surface area contributed by atoms with Crippen LogP contribution in [0.4, 0.5) is 5.13 Å². The number of nitrogens with zero attached hydrogens (tertiary/aromatic N) is 2. The number of aromatic amines is 1. The number of nitrogens with one attached hydrogen (secondary N) is 3. The molecule has 0 spiro atoms. The number of benzene rings is 1. The van der Waals surface area contributed by atoms with Gasteiger partial charge in [0.1, 0.15) is 11.4 Å². The third-order valence-electron chi connectivity index (χ3n) is 6.59. The van der Waals surface area contributed by atoms with Gasteiger partial charge in [0, 0.05) is 47.5 Å². The number of carboxylic acid groups (broad SMARTS) is 1. The summed E-state index contributed by atoms with van der Waals surface area (Å²) < 4.78 is 0. The van der Waals surface area contributed by atoms with E-state index in [1.807, 2.05) is 0 Å². The van der Waals surface area contributed by atoms with E-state index < -0.39 is 5.97 Å². The first-order valence-electron chi connectivity index (χ1n) is 12.9. The van der Waals surface area contributed by atoms with Crippen molar-refractivity contribution in [2.75, 3.05) is 31.5 Å².